The fourth-order valence-corrected chi connectivity index (χ4v) is 2.67. The first-order valence-corrected chi connectivity index (χ1v) is 6.47. The minimum atomic E-state index is 0.217. The first-order chi connectivity index (χ1) is 7.31. The van der Waals surface area contributed by atoms with Crippen LogP contribution >= 0.6 is 23.4 Å². The highest BCUT2D eigenvalue weighted by Gasteiger charge is 2.17. The molecule has 0 amide bonds. The zero-order chi connectivity index (χ0) is 10.7. The van der Waals surface area contributed by atoms with Crippen molar-refractivity contribution in [1.29, 1.82) is 0 Å². The van der Waals surface area contributed by atoms with Gasteiger partial charge in [0.25, 0.3) is 0 Å². The zero-order valence-electron chi connectivity index (χ0n) is 8.33. The molecule has 0 bridgehead atoms. The van der Waals surface area contributed by atoms with Gasteiger partial charge in [-0.1, -0.05) is 11.6 Å². The third-order valence-corrected chi connectivity index (χ3v) is 3.52. The van der Waals surface area contributed by atoms with Crippen LogP contribution in [-0.4, -0.2) is 24.1 Å². The first kappa shape index (κ1) is 11.1. The molecule has 1 heterocycles. The monoisotopic (exact) mass is 244 g/mol. The molecule has 0 fully saturated rings. The largest absolute Gasteiger partial charge is 0.493 e. The van der Waals surface area contributed by atoms with Gasteiger partial charge in [-0.2, -0.15) is 11.8 Å². The zero-order valence-corrected chi connectivity index (χ0v) is 9.90. The van der Waals surface area contributed by atoms with E-state index in [1.54, 1.807) is 11.8 Å². The fourth-order valence-electron chi connectivity index (χ4n) is 1.70. The Morgan fingerprint density at radius 3 is 3.13 bits per heavy atom. The normalized spacial score (nSPS) is 13.7. The highest BCUT2D eigenvalue weighted by molar-refractivity contribution is 7.98. The van der Waals surface area contributed by atoms with E-state index in [0.717, 1.165) is 40.9 Å². The molecule has 0 aromatic heterocycles. The molecule has 1 aliphatic rings. The van der Waals surface area contributed by atoms with Gasteiger partial charge in [-0.25, -0.2) is 0 Å². The summed E-state index contributed by atoms with van der Waals surface area (Å²) in [5.74, 6) is 2.61. The molecule has 2 rings (SSSR count). The van der Waals surface area contributed by atoms with Crippen LogP contribution < -0.4 is 4.74 Å². The molecule has 15 heavy (non-hydrogen) atoms. The Kier molecular flexibility index (Phi) is 3.78. The molecule has 0 unspecified atom stereocenters. The number of rotatable bonds is 4. The number of thioether (sulfide) groups is 1. The van der Waals surface area contributed by atoms with E-state index in [1.165, 1.54) is 5.56 Å². The van der Waals surface area contributed by atoms with E-state index in [2.05, 4.69) is 0 Å². The molecule has 0 aliphatic carbocycles. The van der Waals surface area contributed by atoms with Crippen LogP contribution in [0.4, 0.5) is 0 Å². The average molecular weight is 245 g/mol. The lowest BCUT2D eigenvalue weighted by atomic mass is 10.1. The number of hydrogen-bond acceptors (Lipinski definition) is 3. The molecule has 0 saturated carbocycles. The smallest absolute Gasteiger partial charge is 0.126 e. The number of fused-ring (bicyclic) bond motifs is 1. The Labute approximate surface area is 98.6 Å². The van der Waals surface area contributed by atoms with Gasteiger partial charge in [-0.05, 0) is 17.7 Å². The lowest BCUT2D eigenvalue weighted by Gasteiger charge is -2.08. The van der Waals surface area contributed by atoms with Crippen LogP contribution in [0.15, 0.2) is 12.1 Å². The maximum atomic E-state index is 8.71. The van der Waals surface area contributed by atoms with Crippen molar-refractivity contribution in [3.63, 3.8) is 0 Å². The van der Waals surface area contributed by atoms with E-state index in [-0.39, 0.29) is 6.61 Å². The fraction of sp³-hybridized carbons (Fsp3) is 0.455. The van der Waals surface area contributed by atoms with Crippen molar-refractivity contribution in [3.05, 3.63) is 28.3 Å². The van der Waals surface area contributed by atoms with Gasteiger partial charge in [0.1, 0.15) is 5.75 Å². The molecule has 82 valence electrons. The molecule has 1 aromatic carbocycles. The Hall–Kier alpha value is -0.380. The number of hydrogen-bond donors (Lipinski definition) is 1. The van der Waals surface area contributed by atoms with Gasteiger partial charge < -0.3 is 9.84 Å². The van der Waals surface area contributed by atoms with Crippen LogP contribution in [0.1, 0.15) is 11.1 Å². The second-order valence-electron chi connectivity index (χ2n) is 3.43. The summed E-state index contributed by atoms with van der Waals surface area (Å²) in [4.78, 5) is 0. The number of aliphatic hydroxyl groups excluding tert-OH is 1. The second kappa shape index (κ2) is 5.10. The van der Waals surface area contributed by atoms with Gasteiger partial charge in [-0.15, -0.1) is 0 Å². The van der Waals surface area contributed by atoms with Gasteiger partial charge in [0.05, 0.1) is 13.2 Å². The summed E-state index contributed by atoms with van der Waals surface area (Å²) < 4.78 is 5.58. The maximum Gasteiger partial charge on any atom is 0.126 e. The lowest BCUT2D eigenvalue weighted by Crippen LogP contribution is -1.92. The lowest BCUT2D eigenvalue weighted by molar-refractivity contribution is 0.322. The maximum absolute atomic E-state index is 8.71. The summed E-state index contributed by atoms with van der Waals surface area (Å²) in [6.07, 6.45) is 0.952. The van der Waals surface area contributed by atoms with Gasteiger partial charge in [0.15, 0.2) is 0 Å². The van der Waals surface area contributed by atoms with Crippen molar-refractivity contribution < 1.29 is 9.84 Å². The highest BCUT2D eigenvalue weighted by atomic mass is 35.5. The predicted octanol–water partition coefficient (Wildman–Crippen LogP) is 2.50. The standard InChI is InChI=1S/C11H13ClO2S/c12-10-5-8-1-3-14-11(8)9(6-10)7-15-4-2-13/h5-6,13H,1-4,7H2. The van der Waals surface area contributed by atoms with Crippen molar-refractivity contribution in [3.8, 4) is 5.75 Å². The van der Waals surface area contributed by atoms with Crippen LogP contribution in [0.2, 0.25) is 5.02 Å². The Morgan fingerprint density at radius 2 is 2.33 bits per heavy atom. The summed E-state index contributed by atoms with van der Waals surface area (Å²) in [5, 5.41) is 9.49. The highest BCUT2D eigenvalue weighted by Crippen LogP contribution is 2.34. The number of aliphatic hydroxyl groups is 1. The van der Waals surface area contributed by atoms with E-state index >= 15 is 0 Å². The van der Waals surface area contributed by atoms with Crippen molar-refractivity contribution in [2.75, 3.05) is 19.0 Å². The predicted molar refractivity (Wildman–Crippen MR) is 63.9 cm³/mol. The second-order valence-corrected chi connectivity index (χ2v) is 4.97. The van der Waals surface area contributed by atoms with Gasteiger partial charge in [0, 0.05) is 28.5 Å². The van der Waals surface area contributed by atoms with E-state index in [4.69, 9.17) is 21.4 Å². The van der Waals surface area contributed by atoms with Crippen molar-refractivity contribution in [2.24, 2.45) is 0 Å². The van der Waals surface area contributed by atoms with E-state index < -0.39 is 0 Å². The molecular formula is C11H13ClO2S. The van der Waals surface area contributed by atoms with Crippen LogP contribution in [0.25, 0.3) is 0 Å². The molecule has 1 aromatic rings. The summed E-state index contributed by atoms with van der Waals surface area (Å²) >= 11 is 7.72. The topological polar surface area (TPSA) is 29.5 Å². The third kappa shape index (κ3) is 2.60. The van der Waals surface area contributed by atoms with Crippen LogP contribution in [0.3, 0.4) is 0 Å². The van der Waals surface area contributed by atoms with Crippen molar-refractivity contribution >= 4 is 23.4 Å². The van der Waals surface area contributed by atoms with Crippen LogP contribution in [0, 0.1) is 0 Å². The molecule has 0 atom stereocenters. The third-order valence-electron chi connectivity index (χ3n) is 2.32. The number of ether oxygens (including phenoxy) is 1. The van der Waals surface area contributed by atoms with E-state index in [9.17, 15) is 0 Å². The van der Waals surface area contributed by atoms with Crippen molar-refractivity contribution in [1.82, 2.24) is 0 Å². The molecule has 1 aliphatic heterocycles. The van der Waals surface area contributed by atoms with Gasteiger partial charge >= 0.3 is 0 Å². The summed E-state index contributed by atoms with van der Waals surface area (Å²) in [6.45, 7) is 0.974. The molecule has 2 nitrogen and oxygen atoms in total. The van der Waals surface area contributed by atoms with Crippen LogP contribution in [0.5, 0.6) is 5.75 Å². The molecule has 0 spiro atoms. The molecule has 0 saturated heterocycles. The van der Waals surface area contributed by atoms with Gasteiger partial charge in [-0.3, -0.25) is 0 Å². The first-order valence-electron chi connectivity index (χ1n) is 4.94. The number of benzene rings is 1. The Bertz CT molecular complexity index is 355. The van der Waals surface area contributed by atoms with Crippen molar-refractivity contribution in [2.45, 2.75) is 12.2 Å². The Balaban J connectivity index is 2.15. The quantitative estimate of drug-likeness (QED) is 0.826. The average Bonchev–Trinajstić information content (AvgIpc) is 2.65. The summed E-state index contributed by atoms with van der Waals surface area (Å²) in [5.41, 5.74) is 2.36. The minimum absolute atomic E-state index is 0.217. The van der Waals surface area contributed by atoms with E-state index in [0.29, 0.717) is 0 Å². The molecule has 1 N–H and O–H groups in total. The summed E-state index contributed by atoms with van der Waals surface area (Å²) in [7, 11) is 0. The molecule has 4 heteroatoms. The number of halogens is 1. The summed E-state index contributed by atoms with van der Waals surface area (Å²) in [6, 6.07) is 3.93. The molecule has 0 radical (unpaired) electrons. The van der Waals surface area contributed by atoms with Crippen LogP contribution in [-0.2, 0) is 12.2 Å². The SMILES string of the molecule is OCCSCc1cc(Cl)cc2c1OCC2. The Morgan fingerprint density at radius 1 is 1.47 bits per heavy atom. The van der Waals surface area contributed by atoms with E-state index in [1.807, 2.05) is 12.1 Å². The molecular weight excluding hydrogens is 232 g/mol. The minimum Gasteiger partial charge on any atom is -0.493 e. The van der Waals surface area contributed by atoms with Gasteiger partial charge in [0.2, 0.25) is 0 Å².